The van der Waals surface area contributed by atoms with Gasteiger partial charge in [0, 0.05) is 16.7 Å². The zero-order chi connectivity index (χ0) is 29.9. The van der Waals surface area contributed by atoms with Crippen molar-refractivity contribution in [3.05, 3.63) is 83.9 Å². The van der Waals surface area contributed by atoms with Crippen molar-refractivity contribution in [3.8, 4) is 23.0 Å². The predicted molar refractivity (Wildman–Crippen MR) is 177 cm³/mol. The molecule has 0 fully saturated rings. The maximum Gasteiger partial charge on any atom is 0.647 e. The minimum atomic E-state index is -4.14. The molecular formula is C33H43Br2O6P. The summed E-state index contributed by atoms with van der Waals surface area (Å²) in [6.45, 7) is 3.04. The molecule has 0 saturated carbocycles. The average Bonchev–Trinajstić information content (AvgIpc) is 2.99. The van der Waals surface area contributed by atoms with E-state index in [9.17, 15) is 4.57 Å². The molecule has 0 aliphatic heterocycles. The lowest BCUT2D eigenvalue weighted by atomic mass is 10.1. The molecule has 9 heteroatoms. The van der Waals surface area contributed by atoms with Crippen molar-refractivity contribution in [2.75, 3.05) is 13.4 Å². The van der Waals surface area contributed by atoms with E-state index in [-0.39, 0.29) is 6.79 Å². The number of rotatable bonds is 22. The normalized spacial score (nSPS) is 11.3. The fraction of sp³-hybridized carbons (Fsp3) is 0.455. The molecule has 230 valence electrons. The summed E-state index contributed by atoms with van der Waals surface area (Å²) in [6.07, 6.45) is 12.8. The van der Waals surface area contributed by atoms with Crippen LogP contribution in [0.1, 0.15) is 82.3 Å². The van der Waals surface area contributed by atoms with Gasteiger partial charge in [0.2, 0.25) is 0 Å². The molecule has 0 spiro atoms. The second-order valence-electron chi connectivity index (χ2n) is 10.1. The number of hydrogen-bond acceptors (Lipinski definition) is 6. The highest BCUT2D eigenvalue weighted by molar-refractivity contribution is 9.08. The molecule has 0 aliphatic carbocycles. The lowest BCUT2D eigenvalue weighted by molar-refractivity contribution is 0.0134. The molecule has 0 N–H and O–H groups in total. The molecule has 6 nitrogen and oxygen atoms in total. The standard InChI is InChI=1S/C33H43Br2O6P/c1-2-3-4-5-6-7-8-9-10-11-21-37-27-38-30-17-14-20-33(24-30)41-42(36,39-31-18-12-15-28(22-31)25-34)40-32-19-13-16-29(23-32)26-35/h12-20,22-24H,2-11,21,25-27H2,1H3. The minimum absolute atomic E-state index is 0.129. The number of halogens is 2. The molecule has 42 heavy (non-hydrogen) atoms. The molecule has 0 aliphatic rings. The van der Waals surface area contributed by atoms with Gasteiger partial charge >= 0.3 is 7.82 Å². The van der Waals surface area contributed by atoms with Gasteiger partial charge in [0.05, 0.1) is 6.61 Å². The van der Waals surface area contributed by atoms with Gasteiger partial charge in [-0.1, -0.05) is 127 Å². The number of ether oxygens (including phenoxy) is 2. The van der Waals surface area contributed by atoms with Gasteiger partial charge in [-0.05, 0) is 53.9 Å². The number of unbranched alkanes of at least 4 members (excludes halogenated alkanes) is 9. The van der Waals surface area contributed by atoms with E-state index in [2.05, 4.69) is 38.8 Å². The van der Waals surface area contributed by atoms with Crippen LogP contribution < -0.4 is 18.3 Å². The monoisotopic (exact) mass is 724 g/mol. The van der Waals surface area contributed by atoms with E-state index < -0.39 is 7.82 Å². The maximum absolute atomic E-state index is 14.0. The highest BCUT2D eigenvalue weighted by Crippen LogP contribution is 2.50. The third-order valence-electron chi connectivity index (χ3n) is 6.51. The number of phosphoric ester groups is 1. The fourth-order valence-electron chi connectivity index (χ4n) is 4.29. The number of hydrogen-bond donors (Lipinski definition) is 0. The third-order valence-corrected chi connectivity index (χ3v) is 9.11. The van der Waals surface area contributed by atoms with Crippen LogP contribution in [-0.2, 0) is 20.0 Å². The Kier molecular flexibility index (Phi) is 16.5. The molecular weight excluding hydrogens is 683 g/mol. The summed E-state index contributed by atoms with van der Waals surface area (Å²) in [6, 6.07) is 21.4. The molecule has 0 heterocycles. The smallest absolute Gasteiger partial charge is 0.467 e. The molecule has 3 rings (SSSR count). The maximum atomic E-state index is 14.0. The van der Waals surface area contributed by atoms with Crippen molar-refractivity contribution in [1.82, 2.24) is 0 Å². The average molecular weight is 726 g/mol. The zero-order valence-corrected chi connectivity index (χ0v) is 28.5. The molecule has 0 saturated heterocycles. The molecule has 3 aromatic rings. The van der Waals surface area contributed by atoms with Gasteiger partial charge in [0.1, 0.15) is 23.0 Å². The minimum Gasteiger partial charge on any atom is -0.467 e. The van der Waals surface area contributed by atoms with Crippen molar-refractivity contribution < 1.29 is 27.6 Å². The highest BCUT2D eigenvalue weighted by atomic mass is 79.9. The van der Waals surface area contributed by atoms with Crippen molar-refractivity contribution in [2.45, 2.75) is 81.8 Å². The van der Waals surface area contributed by atoms with Gasteiger partial charge in [-0.25, -0.2) is 0 Å². The Hall–Kier alpha value is -1.99. The first-order valence-electron chi connectivity index (χ1n) is 14.8. The largest absolute Gasteiger partial charge is 0.647 e. The Morgan fingerprint density at radius 3 is 1.57 bits per heavy atom. The second kappa shape index (κ2) is 20.1. The summed E-state index contributed by atoms with van der Waals surface area (Å²) in [7, 11) is -4.14. The van der Waals surface area contributed by atoms with Crippen LogP contribution >= 0.6 is 39.7 Å². The Labute approximate surface area is 268 Å². The summed E-state index contributed by atoms with van der Waals surface area (Å²) in [5, 5.41) is 1.26. The van der Waals surface area contributed by atoms with Crippen molar-refractivity contribution in [3.63, 3.8) is 0 Å². The summed E-state index contributed by atoms with van der Waals surface area (Å²) in [5.74, 6) is 1.57. The van der Waals surface area contributed by atoms with E-state index in [1.165, 1.54) is 57.8 Å². The first-order valence-corrected chi connectivity index (χ1v) is 18.5. The summed E-state index contributed by atoms with van der Waals surface area (Å²) in [4.78, 5) is 0. The zero-order valence-electron chi connectivity index (χ0n) is 24.5. The second-order valence-corrected chi connectivity index (χ2v) is 12.7. The van der Waals surface area contributed by atoms with E-state index in [4.69, 9.17) is 23.0 Å². The summed E-state index contributed by atoms with van der Waals surface area (Å²) >= 11 is 6.89. The topological polar surface area (TPSA) is 63.2 Å². The molecule has 0 atom stereocenters. The van der Waals surface area contributed by atoms with Crippen molar-refractivity contribution >= 4 is 39.7 Å². The van der Waals surface area contributed by atoms with Crippen LogP contribution in [0.2, 0.25) is 0 Å². The van der Waals surface area contributed by atoms with Crippen molar-refractivity contribution in [1.29, 1.82) is 0 Å². The first kappa shape index (κ1) is 34.5. The fourth-order valence-corrected chi connectivity index (χ4v) is 6.22. The van der Waals surface area contributed by atoms with E-state index in [1.54, 1.807) is 48.5 Å². The number of benzene rings is 3. The van der Waals surface area contributed by atoms with Crippen LogP contribution in [0.25, 0.3) is 0 Å². The first-order chi connectivity index (χ1) is 20.5. The van der Waals surface area contributed by atoms with Gasteiger partial charge in [-0.15, -0.1) is 0 Å². The molecule has 0 amide bonds. The van der Waals surface area contributed by atoms with Gasteiger partial charge in [-0.3, -0.25) is 0 Å². The SMILES string of the molecule is CCCCCCCCCCCCOCOc1cccc(OP(=O)(Oc2cccc(CBr)c2)Oc2cccc(CBr)c2)c1. The number of phosphoric acid groups is 1. The lowest BCUT2D eigenvalue weighted by Crippen LogP contribution is -2.08. The molecule has 3 aromatic carbocycles. The van der Waals surface area contributed by atoms with E-state index in [1.807, 2.05) is 24.3 Å². The van der Waals surface area contributed by atoms with Crippen LogP contribution in [-0.4, -0.2) is 13.4 Å². The van der Waals surface area contributed by atoms with Gasteiger partial charge in [0.15, 0.2) is 6.79 Å². The third kappa shape index (κ3) is 13.5. The Morgan fingerprint density at radius 2 is 1.05 bits per heavy atom. The van der Waals surface area contributed by atoms with Crippen LogP contribution in [0.3, 0.4) is 0 Å². The van der Waals surface area contributed by atoms with Gasteiger partial charge in [-0.2, -0.15) is 4.57 Å². The van der Waals surface area contributed by atoms with E-state index in [0.717, 1.165) is 17.5 Å². The van der Waals surface area contributed by atoms with Gasteiger partial charge in [0.25, 0.3) is 0 Å². The summed E-state index contributed by atoms with van der Waals surface area (Å²) < 4.78 is 43.0. The van der Waals surface area contributed by atoms with Crippen LogP contribution in [0.4, 0.5) is 0 Å². The quantitative estimate of drug-likeness (QED) is 0.0445. The summed E-state index contributed by atoms with van der Waals surface area (Å²) in [5.41, 5.74) is 1.93. The van der Waals surface area contributed by atoms with E-state index >= 15 is 0 Å². The Bertz CT molecular complexity index is 1170. The molecule has 0 bridgehead atoms. The highest BCUT2D eigenvalue weighted by Gasteiger charge is 2.33. The predicted octanol–water partition coefficient (Wildman–Crippen LogP) is 11.4. The lowest BCUT2D eigenvalue weighted by Gasteiger charge is -2.20. The van der Waals surface area contributed by atoms with Crippen LogP contribution in [0.5, 0.6) is 23.0 Å². The molecule has 0 unspecified atom stereocenters. The Balaban J connectivity index is 1.50. The van der Waals surface area contributed by atoms with Crippen molar-refractivity contribution in [2.24, 2.45) is 0 Å². The molecule has 0 radical (unpaired) electrons. The molecule has 0 aromatic heterocycles. The number of alkyl halides is 2. The van der Waals surface area contributed by atoms with E-state index in [0.29, 0.717) is 40.3 Å². The van der Waals surface area contributed by atoms with Crippen LogP contribution in [0.15, 0.2) is 72.8 Å². The van der Waals surface area contributed by atoms with Gasteiger partial charge < -0.3 is 23.0 Å². The Morgan fingerprint density at radius 1 is 0.595 bits per heavy atom. The van der Waals surface area contributed by atoms with Crippen LogP contribution in [0, 0.1) is 0 Å².